The lowest BCUT2D eigenvalue weighted by Crippen LogP contribution is -2.21. The molecule has 0 amide bonds. The minimum atomic E-state index is -0.308. The Bertz CT molecular complexity index is 1080. The summed E-state index contributed by atoms with van der Waals surface area (Å²) < 4.78 is 16.8. The van der Waals surface area contributed by atoms with Crippen LogP contribution in [0.2, 0.25) is 0 Å². The van der Waals surface area contributed by atoms with E-state index in [1.165, 1.54) is 0 Å². The fourth-order valence-electron chi connectivity index (χ4n) is 3.40. The number of rotatable bonds is 5. The van der Waals surface area contributed by atoms with Crippen molar-refractivity contribution in [3.05, 3.63) is 101 Å². The number of fused-ring (bicyclic) bond motifs is 1. The average molecular weight is 384 g/mol. The number of nitrogens with zero attached hydrogens (tertiary/aromatic N) is 1. The Kier molecular flexibility index (Phi) is 5.08. The molecular weight excluding hydrogens is 364 g/mol. The van der Waals surface area contributed by atoms with Crippen LogP contribution in [0.3, 0.4) is 0 Å². The smallest absolute Gasteiger partial charge is 0.205 e. The Hall–Kier alpha value is -3.91. The molecule has 29 heavy (non-hydrogen) atoms. The largest absolute Gasteiger partial charge is 0.497 e. The summed E-state index contributed by atoms with van der Waals surface area (Å²) in [5.74, 6) is 1.83. The van der Waals surface area contributed by atoms with Gasteiger partial charge in [-0.3, -0.25) is 0 Å². The van der Waals surface area contributed by atoms with E-state index in [-0.39, 0.29) is 11.8 Å². The number of nitrogens with two attached hydrogens (primary N) is 1. The van der Waals surface area contributed by atoms with Crippen molar-refractivity contribution in [3.8, 4) is 23.3 Å². The van der Waals surface area contributed by atoms with E-state index < -0.39 is 0 Å². The van der Waals surface area contributed by atoms with Crippen LogP contribution in [0.15, 0.2) is 84.3 Å². The molecule has 0 fully saturated rings. The molecule has 1 heterocycles. The summed E-state index contributed by atoms with van der Waals surface area (Å²) in [6.45, 7) is 0.496. The number of hydrogen-bond acceptors (Lipinski definition) is 5. The maximum absolute atomic E-state index is 9.67. The standard InChI is InChI=1S/C24H20N2O3/c1-27-19-11-12-20-22(13-19)29-24(26)21(14-25)23(20)17-7-9-18(10-8-17)28-15-16-5-3-2-4-6-16/h2-13,23H,15,26H2,1H3/t23-/m1/s1. The first-order valence-corrected chi connectivity index (χ1v) is 9.22. The molecule has 0 aromatic heterocycles. The summed E-state index contributed by atoms with van der Waals surface area (Å²) in [7, 11) is 1.59. The Morgan fingerprint density at radius 2 is 1.72 bits per heavy atom. The van der Waals surface area contributed by atoms with Gasteiger partial charge >= 0.3 is 0 Å². The molecule has 0 radical (unpaired) electrons. The molecule has 144 valence electrons. The van der Waals surface area contributed by atoms with Gasteiger partial charge in [0.15, 0.2) is 0 Å². The summed E-state index contributed by atoms with van der Waals surface area (Å²) in [6.07, 6.45) is 0. The zero-order valence-electron chi connectivity index (χ0n) is 16.0. The highest BCUT2D eigenvalue weighted by molar-refractivity contribution is 5.57. The third-order valence-corrected chi connectivity index (χ3v) is 4.89. The third kappa shape index (κ3) is 3.74. The summed E-state index contributed by atoms with van der Waals surface area (Å²) in [5.41, 5.74) is 9.33. The molecule has 5 nitrogen and oxygen atoms in total. The van der Waals surface area contributed by atoms with Crippen molar-refractivity contribution in [1.82, 2.24) is 0 Å². The minimum Gasteiger partial charge on any atom is -0.497 e. The van der Waals surface area contributed by atoms with Gasteiger partial charge in [-0.2, -0.15) is 5.26 Å². The number of methoxy groups -OCH3 is 1. The molecule has 3 aromatic rings. The maximum Gasteiger partial charge on any atom is 0.205 e. The highest BCUT2D eigenvalue weighted by atomic mass is 16.5. The molecule has 2 N–H and O–H groups in total. The molecule has 0 aliphatic carbocycles. The molecule has 0 spiro atoms. The number of ether oxygens (including phenoxy) is 3. The second kappa shape index (κ2) is 7.99. The van der Waals surface area contributed by atoms with Gasteiger partial charge in [-0.25, -0.2) is 0 Å². The van der Waals surface area contributed by atoms with Crippen LogP contribution in [0.5, 0.6) is 17.2 Å². The SMILES string of the molecule is COc1ccc2c(c1)OC(N)=C(C#N)[C@@H]2c1ccc(OCc2ccccc2)cc1. The average Bonchev–Trinajstić information content (AvgIpc) is 2.77. The Balaban J connectivity index is 1.62. The van der Waals surface area contributed by atoms with Crippen LogP contribution < -0.4 is 19.9 Å². The lowest BCUT2D eigenvalue weighted by atomic mass is 9.83. The lowest BCUT2D eigenvalue weighted by Gasteiger charge is -2.26. The third-order valence-electron chi connectivity index (χ3n) is 4.89. The second-order valence-electron chi connectivity index (χ2n) is 6.67. The molecule has 1 aliphatic heterocycles. The normalized spacial score (nSPS) is 15.1. The molecule has 3 aromatic carbocycles. The van der Waals surface area contributed by atoms with Crippen molar-refractivity contribution in [2.75, 3.05) is 7.11 Å². The first-order chi connectivity index (χ1) is 14.2. The van der Waals surface area contributed by atoms with Crippen LogP contribution in [0.1, 0.15) is 22.6 Å². The van der Waals surface area contributed by atoms with Gasteiger partial charge in [0.25, 0.3) is 0 Å². The van der Waals surface area contributed by atoms with Gasteiger partial charge in [0.05, 0.1) is 13.0 Å². The highest BCUT2D eigenvalue weighted by Gasteiger charge is 2.30. The van der Waals surface area contributed by atoms with Gasteiger partial charge in [-0.05, 0) is 29.3 Å². The first-order valence-electron chi connectivity index (χ1n) is 9.22. The minimum absolute atomic E-state index is 0.114. The Morgan fingerprint density at radius 3 is 2.41 bits per heavy atom. The van der Waals surface area contributed by atoms with Crippen LogP contribution in [-0.4, -0.2) is 7.11 Å². The molecule has 0 bridgehead atoms. The van der Waals surface area contributed by atoms with E-state index in [1.807, 2.05) is 66.7 Å². The predicted octanol–water partition coefficient (Wildman–Crippen LogP) is 4.49. The van der Waals surface area contributed by atoms with E-state index in [0.717, 1.165) is 22.4 Å². The molecule has 0 saturated carbocycles. The van der Waals surface area contributed by atoms with Gasteiger partial charge in [0.1, 0.15) is 35.5 Å². The van der Waals surface area contributed by atoms with Crippen molar-refractivity contribution in [3.63, 3.8) is 0 Å². The summed E-state index contributed by atoms with van der Waals surface area (Å²) in [6, 6.07) is 25.4. The quantitative estimate of drug-likeness (QED) is 0.701. The van der Waals surface area contributed by atoms with Gasteiger partial charge < -0.3 is 19.9 Å². The summed E-state index contributed by atoms with van der Waals surface area (Å²) in [4.78, 5) is 0. The van der Waals surface area contributed by atoms with Crippen LogP contribution >= 0.6 is 0 Å². The van der Waals surface area contributed by atoms with Crippen molar-refractivity contribution in [2.24, 2.45) is 5.73 Å². The molecule has 1 atom stereocenters. The van der Waals surface area contributed by atoms with E-state index >= 15 is 0 Å². The second-order valence-corrected chi connectivity index (χ2v) is 6.67. The van der Waals surface area contributed by atoms with E-state index in [1.54, 1.807) is 13.2 Å². The topological polar surface area (TPSA) is 77.5 Å². The number of hydrogen-bond donors (Lipinski definition) is 1. The van der Waals surface area contributed by atoms with Crippen molar-refractivity contribution < 1.29 is 14.2 Å². The number of allylic oxidation sites excluding steroid dienone is 1. The number of nitriles is 1. The van der Waals surface area contributed by atoms with Crippen LogP contribution in [0.25, 0.3) is 0 Å². The molecule has 5 heteroatoms. The molecular formula is C24H20N2O3. The van der Waals surface area contributed by atoms with Gasteiger partial charge in [0.2, 0.25) is 5.88 Å². The van der Waals surface area contributed by atoms with Gasteiger partial charge in [-0.1, -0.05) is 48.5 Å². The molecule has 4 rings (SSSR count). The summed E-state index contributed by atoms with van der Waals surface area (Å²) in [5, 5.41) is 9.67. The first kappa shape index (κ1) is 18.5. The van der Waals surface area contributed by atoms with Gasteiger partial charge in [-0.15, -0.1) is 0 Å². The monoisotopic (exact) mass is 384 g/mol. The van der Waals surface area contributed by atoms with Crippen LogP contribution in [0.4, 0.5) is 0 Å². The maximum atomic E-state index is 9.67. The highest BCUT2D eigenvalue weighted by Crippen LogP contribution is 2.43. The Morgan fingerprint density at radius 1 is 1.00 bits per heavy atom. The predicted molar refractivity (Wildman–Crippen MR) is 110 cm³/mol. The summed E-state index contributed by atoms with van der Waals surface area (Å²) >= 11 is 0. The van der Waals surface area contributed by atoms with Crippen molar-refractivity contribution in [1.29, 1.82) is 5.26 Å². The lowest BCUT2D eigenvalue weighted by molar-refractivity contribution is 0.306. The van der Waals surface area contributed by atoms with Crippen molar-refractivity contribution in [2.45, 2.75) is 12.5 Å². The van der Waals surface area contributed by atoms with Crippen LogP contribution in [0, 0.1) is 11.3 Å². The fourth-order valence-corrected chi connectivity index (χ4v) is 3.40. The van der Waals surface area contributed by atoms with Crippen LogP contribution in [-0.2, 0) is 6.61 Å². The Labute approximate surface area is 169 Å². The zero-order chi connectivity index (χ0) is 20.2. The van der Waals surface area contributed by atoms with Gasteiger partial charge in [0, 0.05) is 11.6 Å². The molecule has 1 aliphatic rings. The zero-order valence-corrected chi connectivity index (χ0v) is 16.0. The van der Waals surface area contributed by atoms with Crippen molar-refractivity contribution >= 4 is 0 Å². The molecule has 0 saturated heterocycles. The van der Waals surface area contributed by atoms with E-state index in [4.69, 9.17) is 19.9 Å². The van der Waals surface area contributed by atoms with E-state index in [0.29, 0.717) is 23.7 Å². The number of benzene rings is 3. The molecule has 0 unspecified atom stereocenters. The fraction of sp³-hybridized carbons (Fsp3) is 0.125. The van der Waals surface area contributed by atoms with E-state index in [9.17, 15) is 5.26 Å². The van der Waals surface area contributed by atoms with E-state index in [2.05, 4.69) is 6.07 Å².